The average molecular weight is 495 g/mol. The first-order valence-corrected chi connectivity index (χ1v) is 10.2. The summed E-state index contributed by atoms with van der Waals surface area (Å²) in [4.78, 5) is 11.9. The fourth-order valence-corrected chi connectivity index (χ4v) is 4.02. The second kappa shape index (κ2) is 11.4. The first-order valence-electron chi connectivity index (χ1n) is 10.2. The zero-order chi connectivity index (χ0) is 19.1. The van der Waals surface area contributed by atoms with Crippen LogP contribution in [0.25, 0.3) is 0 Å². The molecule has 0 bridgehead atoms. The van der Waals surface area contributed by atoms with Gasteiger partial charge in [-0.2, -0.15) is 0 Å². The van der Waals surface area contributed by atoms with Crippen LogP contribution in [0.1, 0.15) is 38.6 Å². The highest BCUT2D eigenvalue weighted by Gasteiger charge is 2.23. The molecule has 1 aliphatic rings. The summed E-state index contributed by atoms with van der Waals surface area (Å²) in [6.45, 7) is 11.5. The molecule has 2 unspecified atom stereocenters. The van der Waals surface area contributed by atoms with Gasteiger partial charge >= 0.3 is 0 Å². The molecule has 1 N–H and O–H groups in total. The third-order valence-electron chi connectivity index (χ3n) is 5.10. The van der Waals surface area contributed by atoms with Gasteiger partial charge in [-0.15, -0.1) is 24.0 Å². The zero-order valence-corrected chi connectivity index (χ0v) is 19.7. The fraction of sp³-hybridized carbons (Fsp3) is 0.545. The van der Waals surface area contributed by atoms with Crippen LogP contribution in [0.15, 0.2) is 47.7 Å². The van der Waals surface area contributed by atoms with E-state index in [1.165, 1.54) is 12.0 Å². The molecule has 2 heterocycles. The SMILES string of the molecule is CCNC(=NCCc1nccn1Cc1ccccc1)N1CC(C)CC(C)C1.I. The lowest BCUT2D eigenvalue weighted by atomic mass is 9.92. The van der Waals surface area contributed by atoms with E-state index in [9.17, 15) is 0 Å². The van der Waals surface area contributed by atoms with Gasteiger partial charge in [0.15, 0.2) is 5.96 Å². The Morgan fingerprint density at radius 1 is 1.18 bits per heavy atom. The van der Waals surface area contributed by atoms with Gasteiger partial charge in [-0.1, -0.05) is 44.2 Å². The number of aromatic nitrogens is 2. The zero-order valence-electron chi connectivity index (χ0n) is 17.3. The molecule has 28 heavy (non-hydrogen) atoms. The monoisotopic (exact) mass is 495 g/mol. The molecule has 5 nitrogen and oxygen atoms in total. The number of benzene rings is 1. The van der Waals surface area contributed by atoms with E-state index >= 15 is 0 Å². The quantitative estimate of drug-likeness (QED) is 0.374. The van der Waals surface area contributed by atoms with Gasteiger partial charge in [0.25, 0.3) is 0 Å². The van der Waals surface area contributed by atoms with E-state index in [1.54, 1.807) is 0 Å². The molecule has 2 atom stereocenters. The van der Waals surface area contributed by atoms with E-state index in [1.807, 2.05) is 6.20 Å². The number of aliphatic imine (C=N–C) groups is 1. The molecule has 1 aromatic carbocycles. The molecule has 1 fully saturated rings. The molecule has 2 aromatic rings. The van der Waals surface area contributed by atoms with E-state index in [2.05, 4.69) is 77.1 Å². The maximum Gasteiger partial charge on any atom is 0.193 e. The summed E-state index contributed by atoms with van der Waals surface area (Å²) in [6, 6.07) is 10.5. The van der Waals surface area contributed by atoms with E-state index < -0.39 is 0 Å². The highest BCUT2D eigenvalue weighted by Crippen LogP contribution is 2.20. The number of halogens is 1. The van der Waals surface area contributed by atoms with Gasteiger partial charge in [0.05, 0.1) is 0 Å². The number of likely N-dealkylation sites (tertiary alicyclic amines) is 1. The van der Waals surface area contributed by atoms with Gasteiger partial charge < -0.3 is 14.8 Å². The molecule has 3 rings (SSSR count). The maximum absolute atomic E-state index is 4.91. The summed E-state index contributed by atoms with van der Waals surface area (Å²) >= 11 is 0. The van der Waals surface area contributed by atoms with Crippen LogP contribution >= 0.6 is 24.0 Å². The van der Waals surface area contributed by atoms with Gasteiger partial charge in [0.1, 0.15) is 5.82 Å². The van der Waals surface area contributed by atoms with Gasteiger partial charge in [0.2, 0.25) is 0 Å². The second-order valence-electron chi connectivity index (χ2n) is 7.79. The highest BCUT2D eigenvalue weighted by molar-refractivity contribution is 14.0. The minimum absolute atomic E-state index is 0. The summed E-state index contributed by atoms with van der Waals surface area (Å²) in [5.74, 6) is 3.60. The molecule has 6 heteroatoms. The van der Waals surface area contributed by atoms with E-state index in [0.717, 1.165) is 62.8 Å². The summed E-state index contributed by atoms with van der Waals surface area (Å²) in [7, 11) is 0. The Kier molecular flexibility index (Phi) is 9.28. The summed E-state index contributed by atoms with van der Waals surface area (Å²) < 4.78 is 2.23. The Labute approximate surface area is 186 Å². The Morgan fingerprint density at radius 2 is 1.89 bits per heavy atom. The molecule has 0 amide bonds. The second-order valence-corrected chi connectivity index (χ2v) is 7.79. The molecular weight excluding hydrogens is 461 g/mol. The van der Waals surface area contributed by atoms with Gasteiger partial charge in [-0.25, -0.2) is 4.98 Å². The van der Waals surface area contributed by atoms with Crippen molar-refractivity contribution in [2.75, 3.05) is 26.2 Å². The van der Waals surface area contributed by atoms with Crippen LogP contribution in [0.4, 0.5) is 0 Å². The van der Waals surface area contributed by atoms with Crippen molar-refractivity contribution in [3.63, 3.8) is 0 Å². The first kappa shape index (κ1) is 22.7. The molecule has 0 spiro atoms. The predicted molar refractivity (Wildman–Crippen MR) is 127 cm³/mol. The summed E-state index contributed by atoms with van der Waals surface area (Å²) in [6.07, 6.45) is 6.12. The highest BCUT2D eigenvalue weighted by atomic mass is 127. The normalized spacial score (nSPS) is 20.0. The molecule has 0 saturated carbocycles. The number of piperidine rings is 1. The number of nitrogens with one attached hydrogen (secondary N) is 1. The van der Waals surface area contributed by atoms with Crippen molar-refractivity contribution in [3.8, 4) is 0 Å². The number of hydrogen-bond acceptors (Lipinski definition) is 2. The topological polar surface area (TPSA) is 45.5 Å². The Bertz CT molecular complexity index is 718. The summed E-state index contributed by atoms with van der Waals surface area (Å²) in [5, 5.41) is 3.48. The van der Waals surface area contributed by atoms with Crippen LogP contribution in [-0.2, 0) is 13.0 Å². The van der Waals surface area contributed by atoms with Crippen LogP contribution in [0.2, 0.25) is 0 Å². The Hall–Kier alpha value is -1.57. The number of guanidine groups is 1. The van der Waals surface area contributed by atoms with Crippen molar-refractivity contribution in [1.82, 2.24) is 19.8 Å². The standard InChI is InChI=1S/C22H33N5.HI/c1-4-23-22(27-15-18(2)14-19(3)16-27)25-11-10-21-24-12-13-26(21)17-20-8-6-5-7-9-20;/h5-9,12-13,18-19H,4,10-11,14-17H2,1-3H3,(H,23,25);1H. The number of imidazole rings is 1. The van der Waals surface area contributed by atoms with Crippen LogP contribution in [0, 0.1) is 11.8 Å². The van der Waals surface area contributed by atoms with Crippen molar-refractivity contribution >= 4 is 29.9 Å². The summed E-state index contributed by atoms with van der Waals surface area (Å²) in [5.41, 5.74) is 1.30. The smallest absolute Gasteiger partial charge is 0.193 e. The van der Waals surface area contributed by atoms with Crippen LogP contribution < -0.4 is 5.32 Å². The number of hydrogen-bond donors (Lipinski definition) is 1. The molecule has 1 aromatic heterocycles. The largest absolute Gasteiger partial charge is 0.357 e. The molecular formula is C22H34IN5. The Balaban J connectivity index is 0.00000280. The van der Waals surface area contributed by atoms with E-state index in [-0.39, 0.29) is 24.0 Å². The van der Waals surface area contributed by atoms with E-state index in [0.29, 0.717) is 0 Å². The minimum atomic E-state index is 0. The lowest BCUT2D eigenvalue weighted by Gasteiger charge is -2.37. The third-order valence-corrected chi connectivity index (χ3v) is 5.10. The molecule has 0 aliphatic carbocycles. The number of nitrogens with zero attached hydrogens (tertiary/aromatic N) is 4. The molecule has 0 radical (unpaired) electrons. The van der Waals surface area contributed by atoms with Crippen molar-refractivity contribution in [2.24, 2.45) is 16.8 Å². The maximum atomic E-state index is 4.91. The van der Waals surface area contributed by atoms with Gasteiger partial charge in [0, 0.05) is 51.5 Å². The van der Waals surface area contributed by atoms with Crippen molar-refractivity contribution in [2.45, 2.75) is 40.2 Å². The Morgan fingerprint density at radius 3 is 2.57 bits per heavy atom. The van der Waals surface area contributed by atoms with Crippen molar-refractivity contribution < 1.29 is 0 Å². The fourth-order valence-electron chi connectivity index (χ4n) is 4.02. The minimum Gasteiger partial charge on any atom is -0.357 e. The van der Waals surface area contributed by atoms with Crippen LogP contribution in [-0.4, -0.2) is 46.6 Å². The van der Waals surface area contributed by atoms with Crippen molar-refractivity contribution in [3.05, 3.63) is 54.1 Å². The molecule has 154 valence electrons. The molecule has 1 saturated heterocycles. The third kappa shape index (κ3) is 6.50. The first-order chi connectivity index (χ1) is 13.2. The average Bonchev–Trinajstić information content (AvgIpc) is 3.08. The molecule has 1 aliphatic heterocycles. The van der Waals surface area contributed by atoms with Gasteiger partial charge in [-0.05, 0) is 30.7 Å². The number of rotatable bonds is 6. The van der Waals surface area contributed by atoms with Crippen molar-refractivity contribution in [1.29, 1.82) is 0 Å². The lowest BCUT2D eigenvalue weighted by molar-refractivity contribution is 0.208. The van der Waals surface area contributed by atoms with Gasteiger partial charge in [-0.3, -0.25) is 4.99 Å². The predicted octanol–water partition coefficient (Wildman–Crippen LogP) is 4.04. The van der Waals surface area contributed by atoms with Crippen LogP contribution in [0.5, 0.6) is 0 Å². The lowest BCUT2D eigenvalue weighted by Crippen LogP contribution is -2.48. The van der Waals surface area contributed by atoms with Crippen LogP contribution in [0.3, 0.4) is 0 Å². The van der Waals surface area contributed by atoms with E-state index in [4.69, 9.17) is 4.99 Å².